The molecule has 0 aromatic heterocycles. The molecular formula is C8H12BrNO2. The lowest BCUT2D eigenvalue weighted by molar-refractivity contribution is -0.143. The quantitative estimate of drug-likeness (QED) is 0.540. The van der Waals surface area contributed by atoms with Crippen LogP contribution >= 0.6 is 15.9 Å². The second-order valence-corrected chi connectivity index (χ2v) is 3.40. The summed E-state index contributed by atoms with van der Waals surface area (Å²) in [7, 11) is 0. The molecule has 0 N–H and O–H groups in total. The van der Waals surface area contributed by atoms with Gasteiger partial charge in [-0.25, -0.2) is 0 Å². The van der Waals surface area contributed by atoms with Crippen molar-refractivity contribution in [1.82, 2.24) is 0 Å². The van der Waals surface area contributed by atoms with Crippen molar-refractivity contribution < 1.29 is 9.53 Å². The van der Waals surface area contributed by atoms with Crippen molar-refractivity contribution in [2.75, 3.05) is 6.61 Å². The van der Waals surface area contributed by atoms with E-state index < -0.39 is 0 Å². The van der Waals surface area contributed by atoms with Crippen molar-refractivity contribution in [3.05, 3.63) is 0 Å². The summed E-state index contributed by atoms with van der Waals surface area (Å²) in [4.78, 5) is 10.6. The number of esters is 1. The van der Waals surface area contributed by atoms with E-state index in [2.05, 4.69) is 15.9 Å². The molecule has 0 aromatic carbocycles. The number of nitriles is 1. The maximum atomic E-state index is 10.8. The van der Waals surface area contributed by atoms with Gasteiger partial charge in [0.1, 0.15) is 4.83 Å². The van der Waals surface area contributed by atoms with E-state index in [0.717, 1.165) is 0 Å². The number of carbonyl (C=O) groups is 1. The molecule has 0 radical (unpaired) electrons. The minimum atomic E-state index is -0.185. The highest BCUT2D eigenvalue weighted by atomic mass is 79.9. The van der Waals surface area contributed by atoms with E-state index in [-0.39, 0.29) is 10.8 Å². The van der Waals surface area contributed by atoms with Crippen LogP contribution < -0.4 is 0 Å². The molecule has 0 rings (SSSR count). The Morgan fingerprint density at radius 3 is 2.92 bits per heavy atom. The molecule has 12 heavy (non-hydrogen) atoms. The molecule has 0 aliphatic rings. The van der Waals surface area contributed by atoms with Gasteiger partial charge in [0.25, 0.3) is 0 Å². The van der Waals surface area contributed by atoms with E-state index in [4.69, 9.17) is 10.00 Å². The summed E-state index contributed by atoms with van der Waals surface area (Å²) in [5, 5.41) is 8.39. The number of carbonyl (C=O) groups excluding carboxylic acids is 1. The zero-order valence-electron chi connectivity index (χ0n) is 7.05. The van der Waals surface area contributed by atoms with Gasteiger partial charge >= 0.3 is 5.97 Å². The van der Waals surface area contributed by atoms with Crippen molar-refractivity contribution in [2.24, 2.45) is 0 Å². The largest absolute Gasteiger partial charge is 0.466 e. The Labute approximate surface area is 80.8 Å². The molecule has 68 valence electrons. The number of hydrogen-bond acceptors (Lipinski definition) is 3. The molecule has 0 aromatic rings. The normalized spacial score (nSPS) is 11.8. The van der Waals surface area contributed by atoms with Gasteiger partial charge in [0, 0.05) is 6.42 Å². The van der Waals surface area contributed by atoms with Gasteiger partial charge in [0.15, 0.2) is 0 Å². The Hall–Kier alpha value is -0.560. The van der Waals surface area contributed by atoms with Crippen LogP contribution in [0.25, 0.3) is 0 Å². The molecule has 1 unspecified atom stereocenters. The number of nitrogens with zero attached hydrogens (tertiary/aromatic N) is 1. The highest BCUT2D eigenvalue weighted by molar-refractivity contribution is 9.09. The summed E-state index contributed by atoms with van der Waals surface area (Å²) in [5.74, 6) is -0.185. The van der Waals surface area contributed by atoms with Gasteiger partial charge in [0.05, 0.1) is 12.7 Å². The lowest BCUT2D eigenvalue weighted by Gasteiger charge is -2.01. The molecule has 1 atom stereocenters. The van der Waals surface area contributed by atoms with Gasteiger partial charge in [-0.2, -0.15) is 5.26 Å². The van der Waals surface area contributed by atoms with Gasteiger partial charge in [0.2, 0.25) is 0 Å². The van der Waals surface area contributed by atoms with Gasteiger partial charge in [-0.1, -0.05) is 15.9 Å². The van der Waals surface area contributed by atoms with Gasteiger partial charge in [-0.05, 0) is 19.8 Å². The first-order chi connectivity index (χ1) is 5.70. The Bertz CT molecular complexity index is 176. The molecular weight excluding hydrogens is 222 g/mol. The molecule has 0 saturated carbocycles. The standard InChI is InChI=1S/C8H12BrNO2/c1-2-12-8(11)5-3-4-7(9)6-10/h7H,2-5H2,1H3. The highest BCUT2D eigenvalue weighted by Gasteiger charge is 2.04. The van der Waals surface area contributed by atoms with Crippen molar-refractivity contribution in [2.45, 2.75) is 31.0 Å². The van der Waals surface area contributed by atoms with Crippen LogP contribution in [0.2, 0.25) is 0 Å². The predicted octanol–water partition coefficient (Wildman–Crippen LogP) is 2.01. The number of ether oxygens (including phenoxy) is 1. The summed E-state index contributed by atoms with van der Waals surface area (Å²) >= 11 is 3.15. The van der Waals surface area contributed by atoms with Crippen molar-refractivity contribution in [1.29, 1.82) is 5.26 Å². The number of hydrogen-bond donors (Lipinski definition) is 0. The zero-order valence-corrected chi connectivity index (χ0v) is 8.63. The first kappa shape index (κ1) is 11.4. The topological polar surface area (TPSA) is 50.1 Å². The van der Waals surface area contributed by atoms with Crippen LogP contribution in [0, 0.1) is 11.3 Å². The monoisotopic (exact) mass is 233 g/mol. The summed E-state index contributed by atoms with van der Waals surface area (Å²) < 4.78 is 4.72. The van der Waals surface area contributed by atoms with Crippen LogP contribution in [0.3, 0.4) is 0 Å². The van der Waals surface area contributed by atoms with Crippen molar-refractivity contribution in [3.63, 3.8) is 0 Å². The predicted molar refractivity (Wildman–Crippen MR) is 48.8 cm³/mol. The summed E-state index contributed by atoms with van der Waals surface area (Å²) in [5.41, 5.74) is 0. The van der Waals surface area contributed by atoms with E-state index in [1.165, 1.54) is 0 Å². The van der Waals surface area contributed by atoms with E-state index in [1.54, 1.807) is 6.92 Å². The van der Waals surface area contributed by atoms with Gasteiger partial charge < -0.3 is 4.74 Å². The molecule has 3 nitrogen and oxygen atoms in total. The fourth-order valence-corrected chi connectivity index (χ4v) is 1.05. The third-order valence-corrected chi connectivity index (χ3v) is 1.95. The third-order valence-electron chi connectivity index (χ3n) is 1.28. The molecule has 4 heteroatoms. The summed E-state index contributed by atoms with van der Waals surface area (Å²) in [6.45, 7) is 2.20. The molecule has 0 saturated heterocycles. The number of alkyl halides is 1. The maximum absolute atomic E-state index is 10.8. The number of rotatable bonds is 5. The third kappa shape index (κ3) is 6.17. The number of halogens is 1. The lowest BCUT2D eigenvalue weighted by atomic mass is 10.2. The van der Waals surface area contributed by atoms with Gasteiger partial charge in [-0.15, -0.1) is 0 Å². The second kappa shape index (κ2) is 7.11. The second-order valence-electron chi connectivity index (χ2n) is 2.29. The van der Waals surface area contributed by atoms with Gasteiger partial charge in [-0.3, -0.25) is 4.79 Å². The lowest BCUT2D eigenvalue weighted by Crippen LogP contribution is -2.04. The maximum Gasteiger partial charge on any atom is 0.305 e. The molecule has 0 spiro atoms. The van der Waals surface area contributed by atoms with Crippen LogP contribution in [0.4, 0.5) is 0 Å². The molecule has 0 aliphatic heterocycles. The van der Waals surface area contributed by atoms with E-state index >= 15 is 0 Å². The highest BCUT2D eigenvalue weighted by Crippen LogP contribution is 2.08. The van der Waals surface area contributed by atoms with E-state index in [0.29, 0.717) is 25.9 Å². The summed E-state index contributed by atoms with van der Waals surface area (Å²) in [6.07, 6.45) is 1.79. The molecule has 0 bridgehead atoms. The SMILES string of the molecule is CCOC(=O)CCCC(Br)C#N. The van der Waals surface area contributed by atoms with Crippen LogP contribution in [-0.4, -0.2) is 17.4 Å². The average Bonchev–Trinajstić information content (AvgIpc) is 2.04. The molecule has 0 aliphatic carbocycles. The van der Waals surface area contributed by atoms with Crippen LogP contribution in [0.15, 0.2) is 0 Å². The van der Waals surface area contributed by atoms with Crippen molar-refractivity contribution in [3.8, 4) is 6.07 Å². The molecule has 0 fully saturated rings. The molecule has 0 heterocycles. The zero-order chi connectivity index (χ0) is 9.40. The van der Waals surface area contributed by atoms with Crippen LogP contribution in [0.1, 0.15) is 26.2 Å². The van der Waals surface area contributed by atoms with Crippen LogP contribution in [-0.2, 0) is 9.53 Å². The Morgan fingerprint density at radius 2 is 2.42 bits per heavy atom. The van der Waals surface area contributed by atoms with E-state index in [9.17, 15) is 4.79 Å². The minimum absolute atomic E-state index is 0.146. The fourth-order valence-electron chi connectivity index (χ4n) is 0.723. The first-order valence-corrected chi connectivity index (χ1v) is 4.81. The minimum Gasteiger partial charge on any atom is -0.466 e. The molecule has 0 amide bonds. The fraction of sp³-hybridized carbons (Fsp3) is 0.750. The van der Waals surface area contributed by atoms with Crippen molar-refractivity contribution >= 4 is 21.9 Å². The first-order valence-electron chi connectivity index (χ1n) is 3.90. The Kier molecular flexibility index (Phi) is 6.78. The smallest absolute Gasteiger partial charge is 0.305 e. The summed E-state index contributed by atoms with van der Waals surface area (Å²) in [6, 6.07) is 2.04. The Balaban J connectivity index is 3.32. The van der Waals surface area contributed by atoms with E-state index in [1.807, 2.05) is 6.07 Å². The average molecular weight is 234 g/mol. The van der Waals surface area contributed by atoms with Crippen LogP contribution in [0.5, 0.6) is 0 Å². The Morgan fingerprint density at radius 1 is 1.75 bits per heavy atom.